The molecule has 2 aliphatic rings. The number of carbonyl (C=O) groups is 2. The van der Waals surface area contributed by atoms with E-state index in [1.807, 2.05) is 31.4 Å². The van der Waals surface area contributed by atoms with Crippen molar-refractivity contribution < 1.29 is 19.4 Å². The van der Waals surface area contributed by atoms with Gasteiger partial charge in [0.2, 0.25) is 5.91 Å². The Balaban J connectivity index is 1.36. The fourth-order valence-electron chi connectivity index (χ4n) is 3.68. The maximum Gasteiger partial charge on any atom is 0.407 e. The molecule has 1 saturated carbocycles. The summed E-state index contributed by atoms with van der Waals surface area (Å²) in [5.74, 6) is 1.27. The summed E-state index contributed by atoms with van der Waals surface area (Å²) >= 11 is 0. The quantitative estimate of drug-likeness (QED) is 0.644. The Morgan fingerprint density at radius 3 is 2.83 bits per heavy atom. The lowest BCUT2D eigenvalue weighted by molar-refractivity contribution is -0.117. The third-order valence-corrected chi connectivity index (χ3v) is 5.66. The monoisotopic (exact) mass is 410 g/mol. The van der Waals surface area contributed by atoms with Gasteiger partial charge in [-0.05, 0) is 31.4 Å². The number of hydrogen-bond donors (Lipinski definition) is 2. The maximum absolute atomic E-state index is 12.0. The van der Waals surface area contributed by atoms with Gasteiger partial charge in [-0.1, -0.05) is 0 Å². The predicted octanol–water partition coefficient (Wildman–Crippen LogP) is 2.21. The second-order valence-electron chi connectivity index (χ2n) is 7.79. The minimum atomic E-state index is -0.919. The summed E-state index contributed by atoms with van der Waals surface area (Å²) in [4.78, 5) is 24.5. The highest BCUT2D eigenvalue weighted by molar-refractivity contribution is 5.93. The van der Waals surface area contributed by atoms with E-state index in [9.17, 15) is 9.59 Å². The molecule has 3 aromatic heterocycles. The van der Waals surface area contributed by atoms with Gasteiger partial charge in [0, 0.05) is 37.3 Å². The highest BCUT2D eigenvalue weighted by Crippen LogP contribution is 2.32. The standard InChI is InChI=1S/C20H22N6O4/c1-24-18(16(10-21-24)30-11-14-5-6-25(14)20(28)29)13-4-7-26-15(8-13)9-17(23-26)22-19(27)12-2-3-12/h4,7-10,12,14H,2-3,5-6,11H2,1H3,(H,28,29)(H,22,23,27). The molecule has 10 heteroatoms. The fourth-order valence-corrected chi connectivity index (χ4v) is 3.68. The predicted molar refractivity (Wildman–Crippen MR) is 107 cm³/mol. The van der Waals surface area contributed by atoms with E-state index in [2.05, 4.69) is 15.5 Å². The minimum absolute atomic E-state index is 0.0207. The van der Waals surface area contributed by atoms with E-state index in [1.54, 1.807) is 15.4 Å². The number of pyridine rings is 1. The number of nitrogens with one attached hydrogen (secondary N) is 1. The zero-order valence-corrected chi connectivity index (χ0v) is 16.5. The van der Waals surface area contributed by atoms with E-state index in [1.165, 1.54) is 4.90 Å². The Hall–Kier alpha value is -3.56. The van der Waals surface area contributed by atoms with E-state index in [4.69, 9.17) is 9.84 Å². The first-order valence-corrected chi connectivity index (χ1v) is 9.94. The number of nitrogens with zero attached hydrogens (tertiary/aromatic N) is 5. The van der Waals surface area contributed by atoms with E-state index in [-0.39, 0.29) is 24.5 Å². The van der Waals surface area contributed by atoms with Gasteiger partial charge < -0.3 is 20.1 Å². The lowest BCUT2D eigenvalue weighted by atomic mass is 10.1. The second kappa shape index (κ2) is 7.05. The van der Waals surface area contributed by atoms with Gasteiger partial charge >= 0.3 is 6.09 Å². The van der Waals surface area contributed by atoms with Crippen molar-refractivity contribution in [3.05, 3.63) is 30.6 Å². The number of aryl methyl sites for hydroxylation is 1. The molecule has 156 valence electrons. The molecule has 1 unspecified atom stereocenters. The van der Waals surface area contributed by atoms with E-state index >= 15 is 0 Å². The molecule has 1 aliphatic carbocycles. The summed E-state index contributed by atoms with van der Waals surface area (Å²) in [5.41, 5.74) is 2.52. The topological polar surface area (TPSA) is 114 Å². The van der Waals surface area contributed by atoms with Crippen molar-refractivity contribution in [2.45, 2.75) is 25.3 Å². The first kappa shape index (κ1) is 18.5. The number of fused-ring (bicyclic) bond motifs is 1. The number of rotatable bonds is 6. The summed E-state index contributed by atoms with van der Waals surface area (Å²) in [6, 6.07) is 5.56. The Labute approximate surface area is 172 Å². The van der Waals surface area contributed by atoms with Crippen molar-refractivity contribution in [1.82, 2.24) is 24.3 Å². The normalized spacial score (nSPS) is 18.3. The number of carbonyl (C=O) groups excluding carboxylic acids is 1. The summed E-state index contributed by atoms with van der Waals surface area (Å²) < 4.78 is 9.37. The van der Waals surface area contributed by atoms with Gasteiger partial charge in [0.1, 0.15) is 12.3 Å². The first-order valence-electron chi connectivity index (χ1n) is 9.94. The molecule has 5 rings (SSSR count). The van der Waals surface area contributed by atoms with Crippen LogP contribution in [0.4, 0.5) is 10.6 Å². The summed E-state index contributed by atoms with van der Waals surface area (Å²) in [6.45, 7) is 0.831. The average Bonchev–Trinajstić information content (AvgIpc) is 3.36. The zero-order chi connectivity index (χ0) is 20.8. The van der Waals surface area contributed by atoms with Crippen LogP contribution < -0.4 is 10.1 Å². The third-order valence-electron chi connectivity index (χ3n) is 5.66. The third kappa shape index (κ3) is 3.34. The van der Waals surface area contributed by atoms with Gasteiger partial charge in [-0.15, -0.1) is 0 Å². The van der Waals surface area contributed by atoms with Crippen LogP contribution in [0.2, 0.25) is 0 Å². The maximum atomic E-state index is 12.0. The Morgan fingerprint density at radius 1 is 1.30 bits per heavy atom. The highest BCUT2D eigenvalue weighted by Gasteiger charge is 2.33. The van der Waals surface area contributed by atoms with Crippen LogP contribution in [-0.2, 0) is 11.8 Å². The van der Waals surface area contributed by atoms with Crippen molar-refractivity contribution in [3.8, 4) is 17.0 Å². The SMILES string of the molecule is Cn1ncc(OCC2CCN2C(=O)O)c1-c1ccn2nc(NC(=O)C3CC3)cc2c1. The Kier molecular flexibility index (Phi) is 4.34. The molecular formula is C20H22N6O4. The van der Waals surface area contributed by atoms with Crippen LogP contribution >= 0.6 is 0 Å². The Bertz CT molecular complexity index is 1130. The van der Waals surface area contributed by atoms with E-state index in [0.29, 0.717) is 18.1 Å². The number of anilines is 1. The average molecular weight is 410 g/mol. The number of carboxylic acid groups (broad SMARTS) is 1. The molecule has 0 spiro atoms. The molecule has 0 bridgehead atoms. The van der Waals surface area contributed by atoms with Crippen LogP contribution in [0.3, 0.4) is 0 Å². The van der Waals surface area contributed by atoms with Crippen LogP contribution in [-0.4, -0.2) is 60.6 Å². The van der Waals surface area contributed by atoms with Crippen LogP contribution in [0.15, 0.2) is 30.6 Å². The van der Waals surface area contributed by atoms with Crippen LogP contribution in [0.5, 0.6) is 5.75 Å². The van der Waals surface area contributed by atoms with Crippen molar-refractivity contribution in [3.63, 3.8) is 0 Å². The summed E-state index contributed by atoms with van der Waals surface area (Å²) in [6.07, 6.45) is 5.22. The summed E-state index contributed by atoms with van der Waals surface area (Å²) in [5, 5.41) is 20.7. The molecule has 3 aromatic rings. The van der Waals surface area contributed by atoms with Crippen molar-refractivity contribution in [1.29, 1.82) is 0 Å². The van der Waals surface area contributed by atoms with Gasteiger partial charge in [-0.3, -0.25) is 9.48 Å². The lowest BCUT2D eigenvalue weighted by Gasteiger charge is -2.38. The lowest BCUT2D eigenvalue weighted by Crippen LogP contribution is -2.53. The van der Waals surface area contributed by atoms with Crippen LogP contribution in [0, 0.1) is 5.92 Å². The molecule has 4 heterocycles. The number of hydrogen-bond acceptors (Lipinski definition) is 5. The number of amides is 2. The molecule has 2 fully saturated rings. The van der Waals surface area contributed by atoms with Crippen LogP contribution in [0.25, 0.3) is 16.8 Å². The van der Waals surface area contributed by atoms with Gasteiger partial charge in [0.15, 0.2) is 11.6 Å². The molecule has 1 aliphatic heterocycles. The zero-order valence-electron chi connectivity index (χ0n) is 16.5. The molecule has 2 N–H and O–H groups in total. The molecule has 0 radical (unpaired) electrons. The number of aromatic nitrogens is 4. The number of likely N-dealkylation sites (tertiary alicyclic amines) is 1. The minimum Gasteiger partial charge on any atom is -0.487 e. The molecular weight excluding hydrogens is 388 g/mol. The van der Waals surface area contributed by atoms with Crippen molar-refractivity contribution in [2.75, 3.05) is 18.5 Å². The first-order chi connectivity index (χ1) is 14.5. The largest absolute Gasteiger partial charge is 0.487 e. The van der Waals surface area contributed by atoms with Crippen molar-refractivity contribution in [2.24, 2.45) is 13.0 Å². The molecule has 2 amide bonds. The number of ether oxygens (including phenoxy) is 1. The van der Waals surface area contributed by atoms with Crippen LogP contribution in [0.1, 0.15) is 19.3 Å². The molecule has 1 atom stereocenters. The second-order valence-corrected chi connectivity index (χ2v) is 7.79. The molecule has 10 nitrogen and oxygen atoms in total. The fraction of sp³-hybridized carbons (Fsp3) is 0.400. The van der Waals surface area contributed by atoms with Gasteiger partial charge in [0.05, 0.1) is 17.8 Å². The van der Waals surface area contributed by atoms with Gasteiger partial charge in [-0.25, -0.2) is 9.31 Å². The van der Waals surface area contributed by atoms with E-state index < -0.39 is 6.09 Å². The molecule has 30 heavy (non-hydrogen) atoms. The highest BCUT2D eigenvalue weighted by atomic mass is 16.5. The smallest absolute Gasteiger partial charge is 0.407 e. The molecule has 1 saturated heterocycles. The van der Waals surface area contributed by atoms with E-state index in [0.717, 1.165) is 36.0 Å². The van der Waals surface area contributed by atoms with Gasteiger partial charge in [0.25, 0.3) is 0 Å². The Morgan fingerprint density at radius 2 is 2.13 bits per heavy atom. The molecule has 0 aromatic carbocycles. The van der Waals surface area contributed by atoms with Gasteiger partial charge in [-0.2, -0.15) is 10.2 Å². The van der Waals surface area contributed by atoms with Crippen molar-refractivity contribution >= 4 is 23.3 Å². The summed E-state index contributed by atoms with van der Waals surface area (Å²) in [7, 11) is 1.83.